The van der Waals surface area contributed by atoms with Gasteiger partial charge in [0.1, 0.15) is 0 Å². The highest BCUT2D eigenvalue weighted by molar-refractivity contribution is 6.32. The lowest BCUT2D eigenvalue weighted by Crippen LogP contribution is -2.25. The minimum Gasteiger partial charge on any atom is -0.325 e. The van der Waals surface area contributed by atoms with Crippen LogP contribution in [0.3, 0.4) is 0 Å². The maximum absolute atomic E-state index is 11.6. The van der Waals surface area contributed by atoms with Crippen molar-refractivity contribution in [1.82, 2.24) is 5.32 Å². The van der Waals surface area contributed by atoms with Gasteiger partial charge >= 0.3 is 0 Å². The lowest BCUT2D eigenvalue weighted by Gasteiger charge is -2.22. The average Bonchev–Trinajstić information content (AvgIpc) is 2.80. The Morgan fingerprint density at radius 2 is 2.14 bits per heavy atom. The van der Waals surface area contributed by atoms with Crippen molar-refractivity contribution in [3.8, 4) is 0 Å². The van der Waals surface area contributed by atoms with Gasteiger partial charge in [-0.15, -0.1) is 0 Å². The molecule has 0 radical (unpaired) electrons. The van der Waals surface area contributed by atoms with E-state index in [4.69, 9.17) is 11.6 Å². The number of carbonyl (C=O) groups is 1. The summed E-state index contributed by atoms with van der Waals surface area (Å²) in [6.07, 6.45) is 4.62. The van der Waals surface area contributed by atoms with E-state index in [0.717, 1.165) is 40.6 Å². The highest BCUT2D eigenvalue weighted by Crippen LogP contribution is 2.62. The van der Waals surface area contributed by atoms with E-state index in [1.165, 1.54) is 24.8 Å². The summed E-state index contributed by atoms with van der Waals surface area (Å²) in [7, 11) is 0. The van der Waals surface area contributed by atoms with Crippen LogP contribution >= 0.6 is 11.6 Å². The van der Waals surface area contributed by atoms with Gasteiger partial charge < -0.3 is 10.6 Å². The first kappa shape index (κ1) is 13.6. The molecule has 2 N–H and O–H groups in total. The fourth-order valence-corrected chi connectivity index (χ4v) is 4.83. The van der Waals surface area contributed by atoms with Crippen LogP contribution in [0.25, 0.3) is 0 Å². The van der Waals surface area contributed by atoms with Gasteiger partial charge in [0.15, 0.2) is 0 Å². The topological polar surface area (TPSA) is 41.1 Å². The van der Waals surface area contributed by atoms with Gasteiger partial charge in [0.25, 0.3) is 0 Å². The van der Waals surface area contributed by atoms with Crippen LogP contribution in [-0.4, -0.2) is 12.5 Å². The van der Waals surface area contributed by atoms with E-state index in [1.807, 2.05) is 6.07 Å². The van der Waals surface area contributed by atoms with Gasteiger partial charge in [-0.1, -0.05) is 31.0 Å². The van der Waals surface area contributed by atoms with Gasteiger partial charge in [0.2, 0.25) is 5.91 Å². The van der Waals surface area contributed by atoms with E-state index in [-0.39, 0.29) is 5.91 Å². The van der Waals surface area contributed by atoms with E-state index in [9.17, 15) is 4.79 Å². The molecule has 0 bridgehead atoms. The Kier molecular flexibility index (Phi) is 3.23. The minimum atomic E-state index is 0.0708. The second-order valence-corrected chi connectivity index (χ2v) is 7.03. The van der Waals surface area contributed by atoms with Crippen LogP contribution < -0.4 is 10.6 Å². The number of hydrogen-bond acceptors (Lipinski definition) is 2. The summed E-state index contributed by atoms with van der Waals surface area (Å²) in [6, 6.07) is 4.43. The number of fused-ring (bicyclic) bond motifs is 2. The van der Waals surface area contributed by atoms with E-state index in [0.29, 0.717) is 12.5 Å². The molecule has 1 aliphatic heterocycles. The van der Waals surface area contributed by atoms with Gasteiger partial charge in [0.05, 0.1) is 6.42 Å². The molecule has 3 nitrogen and oxygen atoms in total. The number of benzene rings is 1. The van der Waals surface area contributed by atoms with Crippen molar-refractivity contribution >= 4 is 23.2 Å². The van der Waals surface area contributed by atoms with E-state index in [2.05, 4.69) is 23.6 Å². The van der Waals surface area contributed by atoms with E-state index in [1.54, 1.807) is 0 Å². The molecule has 3 atom stereocenters. The number of carbonyl (C=O) groups excluding carboxylic acids is 1. The predicted octanol–water partition coefficient (Wildman–Crippen LogP) is 3.53. The molecule has 4 heteroatoms. The normalized spacial score (nSPS) is 30.8. The molecule has 4 rings (SSSR count). The van der Waals surface area contributed by atoms with Crippen molar-refractivity contribution in [3.05, 3.63) is 28.3 Å². The first-order valence-electron chi connectivity index (χ1n) is 8.04. The molecule has 1 aromatic rings. The Labute approximate surface area is 130 Å². The Morgan fingerprint density at radius 1 is 1.38 bits per heavy atom. The summed E-state index contributed by atoms with van der Waals surface area (Å²) >= 11 is 6.52. The van der Waals surface area contributed by atoms with Crippen LogP contribution in [0, 0.1) is 17.8 Å². The van der Waals surface area contributed by atoms with E-state index >= 15 is 0 Å². The van der Waals surface area contributed by atoms with Crippen molar-refractivity contribution in [2.24, 2.45) is 17.8 Å². The summed E-state index contributed by atoms with van der Waals surface area (Å²) in [4.78, 5) is 11.6. The lowest BCUT2D eigenvalue weighted by atomic mass is 9.94. The van der Waals surface area contributed by atoms with Crippen molar-refractivity contribution in [2.75, 3.05) is 11.9 Å². The molecule has 1 aromatic carbocycles. The zero-order valence-electron chi connectivity index (χ0n) is 12.3. The monoisotopic (exact) mass is 304 g/mol. The summed E-state index contributed by atoms with van der Waals surface area (Å²) in [5.41, 5.74) is 3.17. The summed E-state index contributed by atoms with van der Waals surface area (Å²) < 4.78 is 0. The molecule has 2 fully saturated rings. The van der Waals surface area contributed by atoms with Crippen molar-refractivity contribution in [2.45, 2.75) is 38.6 Å². The number of nitrogens with one attached hydrogen (secondary N) is 2. The number of rotatable bonds is 4. The lowest BCUT2D eigenvalue weighted by molar-refractivity contribution is -0.115. The second kappa shape index (κ2) is 4.99. The molecule has 112 valence electrons. The SMILES string of the molecule is CCNC(c1cc2c(cc1Cl)NC(=O)C2)C1C2CCCC21. The molecule has 0 aromatic heterocycles. The van der Waals surface area contributed by atoms with Crippen LogP contribution in [0.4, 0.5) is 5.69 Å². The Bertz CT molecular complexity index is 591. The molecular formula is C17H21ClN2O. The smallest absolute Gasteiger partial charge is 0.228 e. The maximum atomic E-state index is 11.6. The standard InChI is InChI=1S/C17H21ClN2O/c1-2-19-17(16-10-4-3-5-11(10)16)12-6-9-7-15(21)20-14(9)8-13(12)18/h6,8,10-11,16-17,19H,2-5,7H2,1H3,(H,20,21). The number of halogens is 1. The Morgan fingerprint density at radius 3 is 2.86 bits per heavy atom. The molecule has 3 unspecified atom stereocenters. The first-order valence-corrected chi connectivity index (χ1v) is 8.42. The summed E-state index contributed by atoms with van der Waals surface area (Å²) in [6.45, 7) is 3.10. The Balaban J connectivity index is 1.67. The quantitative estimate of drug-likeness (QED) is 0.893. The number of anilines is 1. The van der Waals surface area contributed by atoms with Crippen LogP contribution in [0.5, 0.6) is 0 Å². The van der Waals surface area contributed by atoms with Crippen LogP contribution in [-0.2, 0) is 11.2 Å². The van der Waals surface area contributed by atoms with Gasteiger partial charge in [0, 0.05) is 16.8 Å². The molecule has 1 amide bonds. The van der Waals surface area contributed by atoms with Crippen LogP contribution in [0.1, 0.15) is 43.4 Å². The average molecular weight is 305 g/mol. The fourth-order valence-electron chi connectivity index (χ4n) is 4.55. The van der Waals surface area contributed by atoms with Crippen LogP contribution in [0.15, 0.2) is 12.1 Å². The summed E-state index contributed by atoms with van der Waals surface area (Å²) in [5, 5.41) is 7.30. The Hall–Kier alpha value is -1.06. The zero-order chi connectivity index (χ0) is 14.6. The predicted molar refractivity (Wildman–Crippen MR) is 84.5 cm³/mol. The van der Waals surface area contributed by atoms with Crippen molar-refractivity contribution < 1.29 is 4.79 Å². The molecule has 2 saturated carbocycles. The van der Waals surface area contributed by atoms with Crippen molar-refractivity contribution in [3.63, 3.8) is 0 Å². The van der Waals surface area contributed by atoms with E-state index < -0.39 is 0 Å². The first-order chi connectivity index (χ1) is 10.2. The third-order valence-electron chi connectivity index (χ3n) is 5.46. The highest BCUT2D eigenvalue weighted by Gasteiger charge is 2.56. The largest absolute Gasteiger partial charge is 0.325 e. The molecular weight excluding hydrogens is 284 g/mol. The minimum absolute atomic E-state index is 0.0708. The highest BCUT2D eigenvalue weighted by atomic mass is 35.5. The fraction of sp³-hybridized carbons (Fsp3) is 0.588. The molecule has 3 aliphatic rings. The summed E-state index contributed by atoms with van der Waals surface area (Å²) in [5.74, 6) is 2.58. The van der Waals surface area contributed by atoms with Gasteiger partial charge in [-0.3, -0.25) is 4.79 Å². The zero-order valence-corrected chi connectivity index (χ0v) is 13.0. The molecule has 0 saturated heterocycles. The maximum Gasteiger partial charge on any atom is 0.228 e. The second-order valence-electron chi connectivity index (χ2n) is 6.63. The van der Waals surface area contributed by atoms with Gasteiger partial charge in [-0.2, -0.15) is 0 Å². The number of amides is 1. The van der Waals surface area contributed by atoms with Crippen molar-refractivity contribution in [1.29, 1.82) is 0 Å². The van der Waals surface area contributed by atoms with Gasteiger partial charge in [-0.25, -0.2) is 0 Å². The molecule has 0 spiro atoms. The third-order valence-corrected chi connectivity index (χ3v) is 5.79. The molecule has 21 heavy (non-hydrogen) atoms. The third kappa shape index (κ3) is 2.18. The molecule has 1 heterocycles. The number of hydrogen-bond donors (Lipinski definition) is 2. The molecule has 2 aliphatic carbocycles. The van der Waals surface area contributed by atoms with Crippen LogP contribution in [0.2, 0.25) is 5.02 Å². The van der Waals surface area contributed by atoms with Gasteiger partial charge in [-0.05, 0) is 54.3 Å².